The third-order valence-corrected chi connectivity index (χ3v) is 4.47. The topological polar surface area (TPSA) is 71.4 Å². The molecule has 1 rings (SSSR count). The summed E-state index contributed by atoms with van der Waals surface area (Å²) < 4.78 is 28.7. The molecule has 16 heavy (non-hydrogen) atoms. The number of aliphatic hydroxyl groups excluding tert-OH is 1. The molecule has 0 saturated heterocycles. The molecule has 0 fully saturated rings. The van der Waals surface area contributed by atoms with E-state index in [-0.39, 0.29) is 11.7 Å². The third-order valence-electron chi connectivity index (χ3n) is 1.19. The molecule has 0 saturated carbocycles. The Morgan fingerprint density at radius 1 is 1.25 bits per heavy atom. The van der Waals surface area contributed by atoms with Gasteiger partial charge in [-0.15, -0.1) is 0 Å². The maximum absolute atomic E-state index is 10.4. The molecule has 0 atom stereocenters. The standard InChI is InChI=1S/C6H5.C3H8O3S2.Co.O/c1-2-4-6-5-3-1;1-2-8(5,6)7-3-4;;/h1-5H;4H,2-3H2,1H3;;/q-1;;;. The van der Waals surface area contributed by atoms with E-state index in [2.05, 4.69) is 21.7 Å². The predicted octanol–water partition coefficient (Wildman–Crippen LogP) is 1.38. The van der Waals surface area contributed by atoms with Crippen LogP contribution >= 0.6 is 10.8 Å². The molecule has 4 nitrogen and oxygen atoms in total. The average molecular weight is 308 g/mol. The number of benzene rings is 1. The van der Waals surface area contributed by atoms with Crippen molar-refractivity contribution in [2.45, 2.75) is 6.92 Å². The van der Waals surface area contributed by atoms with Crippen molar-refractivity contribution in [1.82, 2.24) is 0 Å². The normalized spacial score (nSPS) is 9.19. The van der Waals surface area contributed by atoms with Crippen molar-refractivity contribution in [2.75, 3.05) is 11.7 Å². The molecule has 7 heteroatoms. The van der Waals surface area contributed by atoms with Crippen LogP contribution in [0.4, 0.5) is 0 Å². The van der Waals surface area contributed by atoms with Gasteiger partial charge in [-0.1, -0.05) is 6.92 Å². The van der Waals surface area contributed by atoms with Crippen molar-refractivity contribution in [3.63, 3.8) is 0 Å². The van der Waals surface area contributed by atoms with Crippen LogP contribution in [0.25, 0.3) is 0 Å². The first-order valence-corrected chi connectivity index (χ1v) is 7.73. The van der Waals surface area contributed by atoms with Gasteiger partial charge in [0, 0.05) is 0 Å². The summed E-state index contributed by atoms with van der Waals surface area (Å²) in [5, 5.41) is 8.12. The Balaban J connectivity index is 0. The zero-order valence-electron chi connectivity index (χ0n) is 8.62. The molecule has 1 N–H and O–H groups in total. The van der Waals surface area contributed by atoms with Gasteiger partial charge in [-0.2, -0.15) is 36.4 Å². The molecule has 1 aromatic rings. The maximum Gasteiger partial charge on any atom is -0.171 e. The summed E-state index contributed by atoms with van der Waals surface area (Å²) in [6, 6.07) is 12.5. The molecule has 0 unspecified atom stereocenters. The van der Waals surface area contributed by atoms with Gasteiger partial charge in [0.1, 0.15) is 5.94 Å². The van der Waals surface area contributed by atoms with Crippen LogP contribution in [-0.4, -0.2) is 25.2 Å². The second-order valence-electron chi connectivity index (χ2n) is 2.17. The number of hydrogen-bond acceptors (Lipinski definition) is 5. The first kappa shape index (κ1) is 18.2. The van der Waals surface area contributed by atoms with Crippen molar-refractivity contribution >= 4 is 19.7 Å². The fourth-order valence-electron chi connectivity index (χ4n) is 0.506. The summed E-state index contributed by atoms with van der Waals surface area (Å²) in [7, 11) is -2.44. The van der Waals surface area contributed by atoms with Crippen LogP contribution in [-0.2, 0) is 28.4 Å². The molecule has 0 aliphatic carbocycles. The fraction of sp³-hybridized carbons (Fsp3) is 0.333. The summed E-state index contributed by atoms with van der Waals surface area (Å²) in [4.78, 5) is 0. The van der Waals surface area contributed by atoms with Gasteiger partial charge in [0.05, 0.1) is 5.75 Å². The van der Waals surface area contributed by atoms with Crippen molar-refractivity contribution in [2.24, 2.45) is 0 Å². The van der Waals surface area contributed by atoms with Crippen molar-refractivity contribution < 1.29 is 33.1 Å². The van der Waals surface area contributed by atoms with E-state index in [1.54, 1.807) is 0 Å². The third kappa shape index (κ3) is 13.8. The Morgan fingerprint density at radius 2 is 1.75 bits per heavy atom. The summed E-state index contributed by atoms with van der Waals surface area (Å²) in [6.45, 7) is 1.54. The molecule has 0 heterocycles. The minimum atomic E-state index is -3.00. The van der Waals surface area contributed by atoms with Crippen molar-refractivity contribution in [1.29, 1.82) is 0 Å². The van der Waals surface area contributed by atoms with Crippen LogP contribution < -0.4 is 0 Å². The zero-order chi connectivity index (χ0) is 12.9. The Kier molecular flexibility index (Phi) is 14.6. The number of aliphatic hydroxyl groups is 1. The van der Waals surface area contributed by atoms with E-state index in [0.29, 0.717) is 10.8 Å². The summed E-state index contributed by atoms with van der Waals surface area (Å²) in [6.07, 6.45) is 0. The quantitative estimate of drug-likeness (QED) is 0.519. The minimum Gasteiger partial charge on any atom is -0.184 e. The maximum atomic E-state index is 10.4. The molecule has 1 aromatic carbocycles. The van der Waals surface area contributed by atoms with Gasteiger partial charge in [0.2, 0.25) is 8.87 Å². The van der Waals surface area contributed by atoms with Crippen molar-refractivity contribution in [3.05, 3.63) is 36.4 Å². The molecule has 0 spiro atoms. The van der Waals surface area contributed by atoms with E-state index in [0.717, 1.165) is 0 Å². The molecule has 0 aliphatic heterocycles. The van der Waals surface area contributed by atoms with Gasteiger partial charge in [0.15, 0.2) is 0 Å². The first-order valence-electron chi connectivity index (χ1n) is 4.15. The zero-order valence-corrected chi connectivity index (χ0v) is 11.3. The van der Waals surface area contributed by atoms with Gasteiger partial charge in [-0.25, -0.2) is 8.42 Å². The van der Waals surface area contributed by atoms with E-state index in [1.807, 2.05) is 30.3 Å². The minimum absolute atomic E-state index is 0.0816. The molecule has 0 aromatic heterocycles. The Labute approximate surface area is 108 Å². The fourth-order valence-corrected chi connectivity index (χ4v) is 1.81. The van der Waals surface area contributed by atoms with Gasteiger partial charge in [0.25, 0.3) is 0 Å². The summed E-state index contributed by atoms with van der Waals surface area (Å²) in [5.74, 6) is -0.269. The van der Waals surface area contributed by atoms with E-state index in [4.69, 9.17) is 8.97 Å². The average Bonchev–Trinajstić information content (AvgIpc) is 2.35. The van der Waals surface area contributed by atoms with Crippen LogP contribution in [0.1, 0.15) is 6.92 Å². The monoisotopic (exact) mass is 308 g/mol. The summed E-state index contributed by atoms with van der Waals surface area (Å²) in [5.41, 5.74) is 0. The second kappa shape index (κ2) is 12.9. The van der Waals surface area contributed by atoms with E-state index < -0.39 is 8.87 Å². The summed E-state index contributed by atoms with van der Waals surface area (Å²) >= 11 is 2.31. The van der Waals surface area contributed by atoms with E-state index in [9.17, 15) is 8.42 Å². The van der Waals surface area contributed by atoms with Crippen LogP contribution in [0.3, 0.4) is 0 Å². The number of hydrogen-bond donors (Lipinski definition) is 1. The largest absolute Gasteiger partial charge is 0.184 e. The first-order chi connectivity index (χ1) is 7.62. The number of rotatable bonds is 3. The second-order valence-corrected chi connectivity index (χ2v) is 6.59. The predicted molar refractivity (Wildman–Crippen MR) is 60.1 cm³/mol. The Hall–Kier alpha value is -0.214. The van der Waals surface area contributed by atoms with Crippen molar-refractivity contribution in [3.8, 4) is 0 Å². The van der Waals surface area contributed by atoms with Crippen LogP contribution in [0.2, 0.25) is 0 Å². The molecule has 0 amide bonds. The van der Waals surface area contributed by atoms with E-state index in [1.165, 1.54) is 6.92 Å². The van der Waals surface area contributed by atoms with Gasteiger partial charge in [-0.3, -0.25) is 0 Å². The Morgan fingerprint density at radius 3 is 1.88 bits per heavy atom. The van der Waals surface area contributed by atoms with Crippen LogP contribution in [0, 0.1) is 6.07 Å². The van der Waals surface area contributed by atoms with Gasteiger partial charge >= 0.3 is 19.5 Å². The molecular weight excluding hydrogens is 295 g/mol. The molecule has 0 bridgehead atoms. The molecule has 0 radical (unpaired) electrons. The Bertz CT molecular complexity index is 302. The van der Waals surface area contributed by atoms with Crippen LogP contribution in [0.5, 0.6) is 0 Å². The molecular formula is C9H13CoO4S2-. The molecule has 0 aliphatic rings. The van der Waals surface area contributed by atoms with E-state index >= 15 is 0 Å². The SMILES string of the molecule is CCS(=O)(=O)SCO.[O]=[Co].[c-]1ccccc1. The van der Waals surface area contributed by atoms with Crippen LogP contribution in [0.15, 0.2) is 30.3 Å². The smallest absolute Gasteiger partial charge is 0.171 e. The van der Waals surface area contributed by atoms with Gasteiger partial charge < -0.3 is 5.11 Å². The van der Waals surface area contributed by atoms with Gasteiger partial charge in [-0.05, 0) is 10.8 Å². The molecule has 95 valence electrons.